The first-order valence-electron chi connectivity index (χ1n) is 15.1. The average Bonchev–Trinajstić information content (AvgIpc) is 3.33. The maximum atomic E-state index is 11.7. The Labute approximate surface area is 260 Å². The van der Waals surface area contributed by atoms with E-state index in [1.165, 1.54) is 5.56 Å². The minimum atomic E-state index is -0.228. The molecular weight excluding hydrogens is 540 g/mol. The van der Waals surface area contributed by atoms with Crippen molar-refractivity contribution >= 4 is 28.2 Å². The summed E-state index contributed by atoms with van der Waals surface area (Å²) in [7, 11) is 2.03. The number of aromatic nitrogens is 3. The molecule has 4 aromatic carbocycles. The molecule has 44 heavy (non-hydrogen) atoms. The molecule has 222 valence electrons. The third kappa shape index (κ3) is 5.35. The number of phenolic OH excluding ortho intramolecular Hbond substituents is 1. The second-order valence-corrected chi connectivity index (χ2v) is 13.5. The Balaban J connectivity index is 1.53. The number of anilines is 3. The minimum Gasteiger partial charge on any atom is -0.507 e. The fourth-order valence-electron chi connectivity index (χ4n) is 5.79. The first-order chi connectivity index (χ1) is 20.9. The number of pyridine rings is 1. The van der Waals surface area contributed by atoms with Gasteiger partial charge in [-0.05, 0) is 70.5 Å². The van der Waals surface area contributed by atoms with Crippen molar-refractivity contribution in [3.8, 4) is 28.3 Å². The number of phenols is 1. The molecule has 0 aliphatic rings. The number of aryl methyl sites for hydroxylation is 1. The van der Waals surface area contributed by atoms with Gasteiger partial charge in [-0.3, -0.25) is 4.90 Å². The van der Waals surface area contributed by atoms with Gasteiger partial charge >= 0.3 is 0 Å². The van der Waals surface area contributed by atoms with E-state index in [-0.39, 0.29) is 10.8 Å². The Kier molecular flexibility index (Phi) is 7.28. The van der Waals surface area contributed by atoms with Gasteiger partial charge in [0.15, 0.2) is 0 Å². The number of para-hydroxylation sites is 2. The van der Waals surface area contributed by atoms with Crippen LogP contribution in [0.5, 0.6) is 5.75 Å². The molecule has 0 saturated heterocycles. The van der Waals surface area contributed by atoms with E-state index in [4.69, 9.17) is 4.98 Å². The van der Waals surface area contributed by atoms with Crippen LogP contribution in [0.3, 0.4) is 0 Å². The van der Waals surface area contributed by atoms with Crippen LogP contribution in [0.2, 0.25) is 0 Å². The summed E-state index contributed by atoms with van der Waals surface area (Å²) in [6.07, 6.45) is 1.82. The van der Waals surface area contributed by atoms with Crippen LogP contribution in [0.15, 0.2) is 109 Å². The van der Waals surface area contributed by atoms with Gasteiger partial charge in [-0.15, -0.1) is 0 Å². The highest BCUT2D eigenvalue weighted by molar-refractivity contribution is 5.95. The van der Waals surface area contributed by atoms with E-state index in [2.05, 4.69) is 123 Å². The summed E-state index contributed by atoms with van der Waals surface area (Å²) in [5.41, 5.74) is 8.56. The van der Waals surface area contributed by atoms with Gasteiger partial charge in [0.25, 0.3) is 0 Å². The summed E-state index contributed by atoms with van der Waals surface area (Å²) in [6, 6.07) is 35.3. The lowest BCUT2D eigenvalue weighted by Crippen LogP contribution is -2.17. The zero-order valence-corrected chi connectivity index (χ0v) is 26.6. The summed E-state index contributed by atoms with van der Waals surface area (Å²) < 4.78 is 2.10. The van der Waals surface area contributed by atoms with Gasteiger partial charge in [-0.25, -0.2) is 9.97 Å². The molecule has 0 atom stereocenters. The second kappa shape index (κ2) is 11.0. The molecule has 6 rings (SSSR count). The number of hydrogen-bond acceptors (Lipinski definition) is 4. The minimum absolute atomic E-state index is 0.0864. The van der Waals surface area contributed by atoms with Gasteiger partial charge < -0.3 is 9.67 Å². The smallest absolute Gasteiger partial charge is 0.144 e. The number of aromatic hydroxyl groups is 1. The highest BCUT2D eigenvalue weighted by Crippen LogP contribution is 2.43. The van der Waals surface area contributed by atoms with Crippen LogP contribution in [0.4, 0.5) is 17.2 Å². The fraction of sp³-hybridized carbons (Fsp3) is 0.231. The SMILES string of the molecule is Cn1c(-c2cc(C(C)(C)C)cc(C(C)(C)C)c2O)nc2c(-c3cccc(N(c4ccccc4)c4ccccn4)c3)cccc21. The van der Waals surface area contributed by atoms with Crippen molar-refractivity contribution in [2.45, 2.75) is 52.4 Å². The molecule has 0 spiro atoms. The van der Waals surface area contributed by atoms with Crippen molar-refractivity contribution in [3.63, 3.8) is 0 Å². The molecule has 5 nitrogen and oxygen atoms in total. The van der Waals surface area contributed by atoms with Crippen molar-refractivity contribution < 1.29 is 5.11 Å². The molecule has 0 amide bonds. The number of benzene rings is 4. The topological polar surface area (TPSA) is 54.2 Å². The molecule has 0 bridgehead atoms. The summed E-state index contributed by atoms with van der Waals surface area (Å²) in [5, 5.41) is 11.7. The summed E-state index contributed by atoms with van der Waals surface area (Å²) in [6.45, 7) is 13.0. The molecule has 2 aromatic heterocycles. The highest BCUT2D eigenvalue weighted by Gasteiger charge is 2.27. The Bertz CT molecular complexity index is 1910. The van der Waals surface area contributed by atoms with Gasteiger partial charge in [0.05, 0.1) is 16.6 Å². The van der Waals surface area contributed by atoms with Gasteiger partial charge in [-0.1, -0.05) is 96.1 Å². The van der Waals surface area contributed by atoms with Crippen LogP contribution in [-0.2, 0) is 17.9 Å². The fourth-order valence-corrected chi connectivity index (χ4v) is 5.79. The standard InChI is InChI=1S/C39H40N4O/c1-38(2,3)27-24-31(36(44)32(25-27)39(4,5)6)37-41-35-30(19-14-20-33(35)42(37)7)26-15-13-18-29(23-26)43(28-16-9-8-10-17-28)34-21-11-12-22-40-34/h8-25,44H,1-7H3. The van der Waals surface area contributed by atoms with Crippen molar-refractivity contribution in [1.29, 1.82) is 0 Å². The molecule has 0 radical (unpaired) electrons. The number of fused-ring (bicyclic) bond motifs is 1. The first-order valence-corrected chi connectivity index (χ1v) is 15.1. The van der Waals surface area contributed by atoms with E-state index in [1.807, 2.05) is 49.6 Å². The third-order valence-electron chi connectivity index (χ3n) is 8.24. The van der Waals surface area contributed by atoms with Crippen LogP contribution in [-0.4, -0.2) is 19.6 Å². The van der Waals surface area contributed by atoms with Crippen molar-refractivity contribution in [2.24, 2.45) is 7.05 Å². The molecule has 0 aliphatic carbocycles. The number of hydrogen-bond donors (Lipinski definition) is 1. The lowest BCUT2D eigenvalue weighted by molar-refractivity contribution is 0.446. The van der Waals surface area contributed by atoms with Crippen LogP contribution >= 0.6 is 0 Å². The maximum Gasteiger partial charge on any atom is 0.144 e. The molecule has 0 saturated carbocycles. The Morgan fingerprint density at radius 1 is 0.682 bits per heavy atom. The molecular formula is C39H40N4O. The quantitative estimate of drug-likeness (QED) is 0.220. The van der Waals surface area contributed by atoms with Crippen molar-refractivity contribution in [2.75, 3.05) is 4.90 Å². The first kappa shape index (κ1) is 29.2. The van der Waals surface area contributed by atoms with E-state index in [9.17, 15) is 5.11 Å². The number of nitrogens with zero attached hydrogens (tertiary/aromatic N) is 4. The van der Waals surface area contributed by atoms with Crippen LogP contribution < -0.4 is 4.90 Å². The van der Waals surface area contributed by atoms with Gasteiger partial charge in [0, 0.05) is 35.7 Å². The van der Waals surface area contributed by atoms with E-state index >= 15 is 0 Å². The van der Waals surface area contributed by atoms with Crippen LogP contribution in [0, 0.1) is 0 Å². The molecule has 0 aliphatic heterocycles. The van der Waals surface area contributed by atoms with Crippen LogP contribution in [0.25, 0.3) is 33.5 Å². The maximum absolute atomic E-state index is 11.7. The summed E-state index contributed by atoms with van der Waals surface area (Å²) >= 11 is 0. The Morgan fingerprint density at radius 3 is 2.07 bits per heavy atom. The highest BCUT2D eigenvalue weighted by atomic mass is 16.3. The number of imidazole rings is 1. The Hall–Kier alpha value is -4.90. The monoisotopic (exact) mass is 580 g/mol. The lowest BCUT2D eigenvalue weighted by Gasteiger charge is -2.27. The Morgan fingerprint density at radius 2 is 1.39 bits per heavy atom. The molecule has 6 aromatic rings. The molecule has 0 fully saturated rings. The van der Waals surface area contributed by atoms with Crippen LogP contribution in [0.1, 0.15) is 52.7 Å². The average molecular weight is 581 g/mol. The van der Waals surface area contributed by atoms with E-state index < -0.39 is 0 Å². The van der Waals surface area contributed by atoms with Gasteiger partial charge in [0.2, 0.25) is 0 Å². The zero-order valence-electron chi connectivity index (χ0n) is 26.6. The van der Waals surface area contributed by atoms with Crippen molar-refractivity contribution in [1.82, 2.24) is 14.5 Å². The van der Waals surface area contributed by atoms with Gasteiger partial charge in [-0.2, -0.15) is 0 Å². The predicted octanol–water partition coefficient (Wildman–Crippen LogP) is 10.1. The molecule has 1 N–H and O–H groups in total. The normalized spacial score (nSPS) is 12.1. The third-order valence-corrected chi connectivity index (χ3v) is 8.24. The van der Waals surface area contributed by atoms with Gasteiger partial charge in [0.1, 0.15) is 17.4 Å². The van der Waals surface area contributed by atoms with E-state index in [1.54, 1.807) is 0 Å². The summed E-state index contributed by atoms with van der Waals surface area (Å²) in [5.74, 6) is 1.89. The van der Waals surface area contributed by atoms with E-state index in [0.29, 0.717) is 5.75 Å². The molecule has 2 heterocycles. The largest absolute Gasteiger partial charge is 0.507 e. The summed E-state index contributed by atoms with van der Waals surface area (Å²) in [4.78, 5) is 12.1. The van der Waals surface area contributed by atoms with Crippen molar-refractivity contribution in [3.05, 3.63) is 120 Å². The zero-order chi connectivity index (χ0) is 31.2. The lowest BCUT2D eigenvalue weighted by atomic mass is 9.79. The molecule has 5 heteroatoms. The molecule has 0 unspecified atom stereocenters. The van der Waals surface area contributed by atoms with E-state index in [0.717, 1.165) is 56.3 Å². The number of rotatable bonds is 5. The predicted molar refractivity (Wildman–Crippen MR) is 183 cm³/mol. The second-order valence-electron chi connectivity index (χ2n) is 13.5.